The monoisotopic (exact) mass is 637 g/mol. The Hall–Kier alpha value is -4.25. The number of carbonyl (C=O) groups is 2. The maximum atomic E-state index is 13.6. The maximum Gasteiger partial charge on any atom is 0.407 e. The number of H-pyrrole nitrogens is 1. The average molecular weight is 638 g/mol. The second-order valence-corrected chi connectivity index (χ2v) is 14.2. The lowest BCUT2D eigenvalue weighted by Gasteiger charge is -2.54. The van der Waals surface area contributed by atoms with E-state index < -0.39 is 6.09 Å². The third-order valence-electron chi connectivity index (χ3n) is 11.3. The number of pyridine rings is 1. The molecule has 246 valence electrons. The number of aromatic amines is 1. The van der Waals surface area contributed by atoms with Crippen molar-refractivity contribution in [3.63, 3.8) is 0 Å². The molecule has 3 N–H and O–H groups in total. The normalized spacial score (nSPS) is 26.5. The lowest BCUT2D eigenvalue weighted by Crippen LogP contribution is -2.55. The zero-order valence-corrected chi connectivity index (χ0v) is 27.1. The van der Waals surface area contributed by atoms with Crippen molar-refractivity contribution in [3.05, 3.63) is 53.6 Å². The highest BCUT2D eigenvalue weighted by molar-refractivity contribution is 5.97. The number of rotatable bonds is 8. The van der Waals surface area contributed by atoms with Crippen molar-refractivity contribution < 1.29 is 19.4 Å². The van der Waals surface area contributed by atoms with Gasteiger partial charge in [0, 0.05) is 42.5 Å². The number of amides is 2. The molecule has 11 heteroatoms. The highest BCUT2D eigenvalue weighted by Gasteiger charge is 2.48. The molecule has 0 spiro atoms. The number of nitrogens with zero attached hydrogens (tertiary/aromatic N) is 5. The van der Waals surface area contributed by atoms with Gasteiger partial charge in [0.2, 0.25) is 0 Å². The fourth-order valence-corrected chi connectivity index (χ4v) is 9.11. The van der Waals surface area contributed by atoms with Crippen LogP contribution in [0.25, 0.3) is 33.5 Å². The first-order valence-electron chi connectivity index (χ1n) is 17.3. The zero-order valence-electron chi connectivity index (χ0n) is 27.1. The van der Waals surface area contributed by atoms with Crippen molar-refractivity contribution in [2.75, 3.05) is 13.2 Å². The molecule has 4 aromatic rings. The predicted molar refractivity (Wildman–Crippen MR) is 177 cm³/mol. The van der Waals surface area contributed by atoms with Crippen LogP contribution in [0.1, 0.15) is 86.1 Å². The van der Waals surface area contributed by atoms with Crippen LogP contribution in [0.15, 0.2) is 36.8 Å². The number of ether oxygens (including phenoxy) is 1. The van der Waals surface area contributed by atoms with Crippen LogP contribution in [0.3, 0.4) is 0 Å². The summed E-state index contributed by atoms with van der Waals surface area (Å²) in [6.45, 7) is 5.19. The Balaban J connectivity index is 1.13. The van der Waals surface area contributed by atoms with Crippen molar-refractivity contribution >= 4 is 22.9 Å². The summed E-state index contributed by atoms with van der Waals surface area (Å²) in [5, 5.41) is 18.9. The Bertz CT molecular complexity index is 1790. The largest absolute Gasteiger partial charge is 0.465 e. The SMILES string of the molecule is CCN(Cc1cncc(-c2ccc3c(c2)c(-c2ncc(C(=O)NC4C5CC6CC(C5)CC4C6)[nH]2)nn3C2CCCCO2)c1C)C(=O)O. The molecule has 0 radical (unpaired) electrons. The molecule has 5 aliphatic rings. The number of benzene rings is 1. The number of imidazole rings is 1. The standard InChI is InChI=1S/C36H43N7O4/c1-3-42(36(45)46)19-26-16-37-17-28(20(26)2)23-7-8-30-27(15-23)33(41-43(30)31-6-4-5-9-47-31)34-38-18-29(39-34)35(44)40-32-24-11-21-10-22(13-24)14-25(32)12-21/h7-8,15-18,21-22,24-25,31-32H,3-6,9-14,19H2,1-2H3,(H,38,39)(H,40,44)(H,45,46). The summed E-state index contributed by atoms with van der Waals surface area (Å²) in [4.78, 5) is 39.1. The van der Waals surface area contributed by atoms with E-state index in [-0.39, 0.29) is 24.7 Å². The fraction of sp³-hybridized carbons (Fsp3) is 0.528. The first-order valence-corrected chi connectivity index (χ1v) is 17.3. The minimum atomic E-state index is -0.953. The second kappa shape index (κ2) is 12.1. The van der Waals surface area contributed by atoms with Crippen LogP contribution >= 0.6 is 0 Å². The van der Waals surface area contributed by atoms with Gasteiger partial charge in [0.15, 0.2) is 12.1 Å². The highest BCUT2D eigenvalue weighted by Crippen LogP contribution is 2.53. The van der Waals surface area contributed by atoms with Gasteiger partial charge in [-0.15, -0.1) is 0 Å². The lowest BCUT2D eigenvalue weighted by molar-refractivity contribution is -0.0365. The van der Waals surface area contributed by atoms with Gasteiger partial charge in [0.05, 0.1) is 18.3 Å². The van der Waals surface area contributed by atoms with Crippen LogP contribution in [-0.2, 0) is 11.3 Å². The van der Waals surface area contributed by atoms with Gasteiger partial charge in [-0.05, 0) is 118 Å². The third-order valence-corrected chi connectivity index (χ3v) is 11.3. The van der Waals surface area contributed by atoms with Gasteiger partial charge in [0.25, 0.3) is 5.91 Å². The molecule has 2 amide bonds. The van der Waals surface area contributed by atoms with E-state index in [1.54, 1.807) is 12.4 Å². The minimum absolute atomic E-state index is 0.0951. The molecular weight excluding hydrogens is 594 g/mol. The number of hydrogen-bond donors (Lipinski definition) is 3. The van der Waals surface area contributed by atoms with Crippen molar-refractivity contribution in [2.24, 2.45) is 23.7 Å². The van der Waals surface area contributed by atoms with Crippen molar-refractivity contribution in [2.45, 2.75) is 84.0 Å². The fourth-order valence-electron chi connectivity index (χ4n) is 9.11. The molecule has 1 unspecified atom stereocenters. The van der Waals surface area contributed by atoms with Crippen molar-refractivity contribution in [3.8, 4) is 22.6 Å². The maximum absolute atomic E-state index is 13.6. The smallest absolute Gasteiger partial charge is 0.407 e. The number of carboxylic acid groups (broad SMARTS) is 1. The van der Waals surface area contributed by atoms with E-state index in [0.717, 1.165) is 64.3 Å². The molecule has 9 rings (SSSR count). The molecule has 5 fully saturated rings. The lowest BCUT2D eigenvalue weighted by atomic mass is 9.54. The van der Waals surface area contributed by atoms with Crippen molar-refractivity contribution in [1.29, 1.82) is 0 Å². The highest BCUT2D eigenvalue weighted by atomic mass is 16.5. The Kier molecular flexibility index (Phi) is 7.74. The second-order valence-electron chi connectivity index (χ2n) is 14.2. The molecule has 4 heterocycles. The summed E-state index contributed by atoms with van der Waals surface area (Å²) in [6, 6.07) is 6.46. The first-order chi connectivity index (χ1) is 22.9. The molecule has 3 aromatic heterocycles. The number of fused-ring (bicyclic) bond motifs is 1. The zero-order chi connectivity index (χ0) is 32.2. The van der Waals surface area contributed by atoms with Crippen LogP contribution in [0, 0.1) is 30.6 Å². The molecule has 1 aromatic carbocycles. The van der Waals surface area contributed by atoms with E-state index in [4.69, 9.17) is 9.84 Å². The van der Waals surface area contributed by atoms with Crippen LogP contribution in [0.4, 0.5) is 4.79 Å². The van der Waals surface area contributed by atoms with E-state index in [0.29, 0.717) is 42.2 Å². The third kappa shape index (κ3) is 5.48. The van der Waals surface area contributed by atoms with Gasteiger partial charge in [-0.25, -0.2) is 14.5 Å². The number of aromatic nitrogens is 5. The van der Waals surface area contributed by atoms with Gasteiger partial charge >= 0.3 is 6.09 Å². The van der Waals surface area contributed by atoms with E-state index >= 15 is 0 Å². The molecule has 4 aliphatic carbocycles. The van der Waals surface area contributed by atoms with Crippen LogP contribution in [0.5, 0.6) is 0 Å². The van der Waals surface area contributed by atoms with E-state index in [1.807, 2.05) is 24.7 Å². The van der Waals surface area contributed by atoms with Crippen LogP contribution in [0.2, 0.25) is 0 Å². The summed E-state index contributed by atoms with van der Waals surface area (Å²) >= 11 is 0. The van der Waals surface area contributed by atoms with Crippen LogP contribution < -0.4 is 5.32 Å². The molecule has 47 heavy (non-hydrogen) atoms. The van der Waals surface area contributed by atoms with Gasteiger partial charge < -0.3 is 25.0 Å². The average Bonchev–Trinajstić information content (AvgIpc) is 3.71. The summed E-state index contributed by atoms with van der Waals surface area (Å²) in [7, 11) is 0. The molecular formula is C36H43N7O4. The Labute approximate surface area is 274 Å². The summed E-state index contributed by atoms with van der Waals surface area (Å²) in [6.07, 6.45) is 13.4. The van der Waals surface area contributed by atoms with E-state index in [2.05, 4.69) is 38.5 Å². The summed E-state index contributed by atoms with van der Waals surface area (Å²) in [5.74, 6) is 3.34. The van der Waals surface area contributed by atoms with Gasteiger partial charge in [-0.1, -0.05) is 6.07 Å². The van der Waals surface area contributed by atoms with E-state index in [9.17, 15) is 14.7 Å². The van der Waals surface area contributed by atoms with Gasteiger partial charge in [0.1, 0.15) is 11.4 Å². The molecule has 4 bridgehead atoms. The number of hydrogen-bond acceptors (Lipinski definition) is 6. The van der Waals surface area contributed by atoms with Crippen LogP contribution in [-0.4, -0.2) is 65.9 Å². The molecule has 1 saturated heterocycles. The summed E-state index contributed by atoms with van der Waals surface area (Å²) < 4.78 is 8.11. The summed E-state index contributed by atoms with van der Waals surface area (Å²) in [5.41, 5.74) is 5.75. The van der Waals surface area contributed by atoms with Gasteiger partial charge in [-0.2, -0.15) is 5.10 Å². The Morgan fingerprint density at radius 2 is 1.87 bits per heavy atom. The molecule has 1 aliphatic heterocycles. The molecule has 1 atom stereocenters. The Morgan fingerprint density at radius 1 is 1.09 bits per heavy atom. The van der Waals surface area contributed by atoms with Crippen molar-refractivity contribution in [1.82, 2.24) is 34.9 Å². The predicted octanol–water partition coefficient (Wildman–Crippen LogP) is 6.55. The molecule has 4 saturated carbocycles. The minimum Gasteiger partial charge on any atom is -0.465 e. The first kappa shape index (κ1) is 30.1. The molecule has 11 nitrogen and oxygen atoms in total. The van der Waals surface area contributed by atoms with E-state index in [1.165, 1.54) is 37.0 Å². The quantitative estimate of drug-likeness (QED) is 0.199. The number of carbonyl (C=O) groups excluding carboxylic acids is 1. The number of nitrogens with one attached hydrogen (secondary N) is 2. The topological polar surface area (TPSA) is 138 Å². The Morgan fingerprint density at radius 3 is 2.57 bits per heavy atom. The van der Waals surface area contributed by atoms with Gasteiger partial charge in [-0.3, -0.25) is 9.78 Å².